The summed E-state index contributed by atoms with van der Waals surface area (Å²) in [5, 5.41) is 0. The molecule has 1 unspecified atom stereocenters. The quantitative estimate of drug-likeness (QED) is 0.507. The molecule has 1 aromatic carbocycles. The van der Waals surface area contributed by atoms with Crippen LogP contribution in [-0.2, 0) is 39.9 Å². The highest BCUT2D eigenvalue weighted by Gasteiger charge is 2.49. The molecule has 0 aliphatic carbocycles. The number of carbonyl (C=O) groups is 2. The van der Waals surface area contributed by atoms with Crippen LogP contribution in [0.4, 0.5) is 0 Å². The summed E-state index contributed by atoms with van der Waals surface area (Å²) in [4.78, 5) is 23.2. The first-order valence-corrected chi connectivity index (χ1v) is 8.80. The second kappa shape index (κ2) is 10.2. The first kappa shape index (κ1) is 21.1. The van der Waals surface area contributed by atoms with Crippen molar-refractivity contribution in [2.24, 2.45) is 0 Å². The van der Waals surface area contributed by atoms with Crippen LogP contribution in [0.1, 0.15) is 26.3 Å². The fourth-order valence-electron chi connectivity index (χ4n) is 2.89. The molecule has 0 radical (unpaired) electrons. The molecule has 7 heteroatoms. The van der Waals surface area contributed by atoms with Gasteiger partial charge in [0.2, 0.25) is 0 Å². The van der Waals surface area contributed by atoms with E-state index < -0.39 is 42.6 Å². The number of rotatable bonds is 8. The smallest absolute Gasteiger partial charge is 0.303 e. The minimum atomic E-state index is -0.867. The van der Waals surface area contributed by atoms with Gasteiger partial charge in [-0.25, -0.2) is 0 Å². The standard InChI is InChI=1S/C20H26O7/c1-5-11-23-20-19(24-12-16-9-7-6-8-10-16)18(27-15(4)22)17(13(2)25-20)26-14(3)21/h5-10,13,17-20H,1,11-12H2,2-4H3/t13-,17+,18+,19-,20?/m0/s1. The van der Waals surface area contributed by atoms with Crippen molar-refractivity contribution in [3.63, 3.8) is 0 Å². The van der Waals surface area contributed by atoms with E-state index in [0.29, 0.717) is 0 Å². The van der Waals surface area contributed by atoms with E-state index in [9.17, 15) is 9.59 Å². The van der Waals surface area contributed by atoms with Crippen molar-refractivity contribution in [1.82, 2.24) is 0 Å². The van der Waals surface area contributed by atoms with Gasteiger partial charge in [-0.15, -0.1) is 6.58 Å². The van der Waals surface area contributed by atoms with E-state index in [1.54, 1.807) is 13.0 Å². The molecule has 1 saturated heterocycles. The van der Waals surface area contributed by atoms with Crippen molar-refractivity contribution in [3.8, 4) is 0 Å². The molecule has 27 heavy (non-hydrogen) atoms. The molecule has 0 N–H and O–H groups in total. The van der Waals surface area contributed by atoms with Crippen LogP contribution in [0.3, 0.4) is 0 Å². The SMILES string of the molecule is C=CCOC1O[C@@H](C)[C@@H](OC(C)=O)[C@@H](OC(C)=O)[C@@H]1OCc1ccccc1. The Hall–Kier alpha value is -2.22. The minimum absolute atomic E-state index is 0.230. The van der Waals surface area contributed by atoms with Crippen LogP contribution in [0, 0.1) is 0 Å². The van der Waals surface area contributed by atoms with Gasteiger partial charge in [-0.3, -0.25) is 9.59 Å². The topological polar surface area (TPSA) is 80.3 Å². The predicted molar refractivity (Wildman–Crippen MR) is 96.6 cm³/mol. The van der Waals surface area contributed by atoms with E-state index in [2.05, 4.69) is 6.58 Å². The molecule has 0 bridgehead atoms. The molecule has 7 nitrogen and oxygen atoms in total. The molecule has 5 atom stereocenters. The van der Waals surface area contributed by atoms with Crippen LogP contribution in [0.2, 0.25) is 0 Å². The lowest BCUT2D eigenvalue weighted by molar-refractivity contribution is -0.306. The zero-order valence-electron chi connectivity index (χ0n) is 15.8. The van der Waals surface area contributed by atoms with Crippen molar-refractivity contribution in [2.45, 2.75) is 58.1 Å². The summed E-state index contributed by atoms with van der Waals surface area (Å²) in [7, 11) is 0. The van der Waals surface area contributed by atoms with Crippen molar-refractivity contribution in [2.75, 3.05) is 6.61 Å². The van der Waals surface area contributed by atoms with Crippen LogP contribution < -0.4 is 0 Å². The van der Waals surface area contributed by atoms with Gasteiger partial charge in [-0.05, 0) is 12.5 Å². The summed E-state index contributed by atoms with van der Waals surface area (Å²) < 4.78 is 28.3. The molecular formula is C20H26O7. The first-order valence-electron chi connectivity index (χ1n) is 8.80. The van der Waals surface area contributed by atoms with E-state index >= 15 is 0 Å². The Morgan fingerprint density at radius 3 is 2.26 bits per heavy atom. The van der Waals surface area contributed by atoms with Crippen molar-refractivity contribution < 1.29 is 33.3 Å². The van der Waals surface area contributed by atoms with Crippen LogP contribution in [-0.4, -0.2) is 49.3 Å². The summed E-state index contributed by atoms with van der Waals surface area (Å²) in [6.07, 6.45) is -2.23. The van der Waals surface area contributed by atoms with Crippen LogP contribution in [0.5, 0.6) is 0 Å². The second-order valence-electron chi connectivity index (χ2n) is 6.24. The third kappa shape index (κ3) is 6.16. The molecule has 0 spiro atoms. The van der Waals surface area contributed by atoms with Gasteiger partial charge in [0, 0.05) is 13.8 Å². The summed E-state index contributed by atoms with van der Waals surface area (Å²) >= 11 is 0. The largest absolute Gasteiger partial charge is 0.456 e. The molecule has 0 saturated carbocycles. The Morgan fingerprint density at radius 1 is 1.04 bits per heavy atom. The zero-order valence-corrected chi connectivity index (χ0v) is 15.8. The Bertz CT molecular complexity index is 630. The van der Waals surface area contributed by atoms with Crippen LogP contribution in [0.25, 0.3) is 0 Å². The fourth-order valence-corrected chi connectivity index (χ4v) is 2.89. The van der Waals surface area contributed by atoms with Gasteiger partial charge in [-0.2, -0.15) is 0 Å². The van der Waals surface area contributed by atoms with Crippen molar-refractivity contribution in [3.05, 3.63) is 48.6 Å². The lowest BCUT2D eigenvalue weighted by Gasteiger charge is -2.43. The summed E-state index contributed by atoms with van der Waals surface area (Å²) in [6, 6.07) is 9.53. The number of ether oxygens (including phenoxy) is 5. The van der Waals surface area contributed by atoms with Gasteiger partial charge < -0.3 is 23.7 Å². The highest BCUT2D eigenvalue weighted by Crippen LogP contribution is 2.29. The maximum atomic E-state index is 11.7. The monoisotopic (exact) mass is 378 g/mol. The average Bonchev–Trinajstić information content (AvgIpc) is 2.62. The van der Waals surface area contributed by atoms with E-state index in [-0.39, 0.29) is 13.2 Å². The Labute approximate surface area is 159 Å². The number of benzene rings is 1. The van der Waals surface area contributed by atoms with E-state index in [0.717, 1.165) is 5.56 Å². The third-order valence-electron chi connectivity index (χ3n) is 3.99. The number of esters is 2. The van der Waals surface area contributed by atoms with Gasteiger partial charge in [0.25, 0.3) is 0 Å². The van der Waals surface area contributed by atoms with Crippen molar-refractivity contribution in [1.29, 1.82) is 0 Å². The molecule has 1 aliphatic rings. The van der Waals surface area contributed by atoms with Crippen LogP contribution >= 0.6 is 0 Å². The minimum Gasteiger partial charge on any atom is -0.456 e. The summed E-state index contributed by atoms with van der Waals surface area (Å²) in [6.45, 7) is 8.41. The van der Waals surface area contributed by atoms with Gasteiger partial charge in [0.1, 0.15) is 6.10 Å². The molecule has 1 aliphatic heterocycles. The van der Waals surface area contributed by atoms with E-state index in [4.69, 9.17) is 23.7 Å². The molecule has 1 heterocycles. The Morgan fingerprint density at radius 2 is 1.67 bits per heavy atom. The van der Waals surface area contributed by atoms with E-state index in [1.165, 1.54) is 13.8 Å². The Balaban J connectivity index is 2.25. The zero-order chi connectivity index (χ0) is 19.8. The predicted octanol–water partition coefficient (Wildman–Crippen LogP) is 2.38. The van der Waals surface area contributed by atoms with Crippen LogP contribution in [0.15, 0.2) is 43.0 Å². The fraction of sp³-hybridized carbons (Fsp3) is 0.500. The molecular weight excluding hydrogens is 352 g/mol. The summed E-state index contributed by atoms with van der Waals surface area (Å²) in [5.74, 6) is -1.01. The summed E-state index contributed by atoms with van der Waals surface area (Å²) in [5.41, 5.74) is 0.934. The third-order valence-corrected chi connectivity index (χ3v) is 3.99. The lowest BCUT2D eigenvalue weighted by atomic mass is 9.98. The molecule has 148 valence electrons. The average molecular weight is 378 g/mol. The molecule has 1 aromatic rings. The molecule has 1 fully saturated rings. The van der Waals surface area contributed by atoms with Gasteiger partial charge >= 0.3 is 11.9 Å². The highest BCUT2D eigenvalue weighted by atomic mass is 16.7. The molecule has 0 aromatic heterocycles. The lowest BCUT2D eigenvalue weighted by Crippen LogP contribution is -2.60. The molecule has 2 rings (SSSR count). The second-order valence-corrected chi connectivity index (χ2v) is 6.24. The maximum Gasteiger partial charge on any atom is 0.303 e. The maximum absolute atomic E-state index is 11.7. The Kier molecular flexibility index (Phi) is 7.97. The number of hydrogen-bond donors (Lipinski definition) is 0. The normalized spacial score (nSPS) is 27.6. The van der Waals surface area contributed by atoms with Gasteiger partial charge in [-0.1, -0.05) is 36.4 Å². The number of hydrogen-bond acceptors (Lipinski definition) is 7. The highest BCUT2D eigenvalue weighted by molar-refractivity contribution is 5.67. The van der Waals surface area contributed by atoms with Crippen molar-refractivity contribution >= 4 is 11.9 Å². The van der Waals surface area contributed by atoms with E-state index in [1.807, 2.05) is 30.3 Å². The van der Waals surface area contributed by atoms with Gasteiger partial charge in [0.05, 0.1) is 19.3 Å². The first-order chi connectivity index (χ1) is 12.9. The molecule has 0 amide bonds. The number of carbonyl (C=O) groups excluding carboxylic acids is 2. The van der Waals surface area contributed by atoms with Gasteiger partial charge in [0.15, 0.2) is 18.5 Å².